The van der Waals surface area contributed by atoms with E-state index in [0.717, 1.165) is 5.69 Å². The van der Waals surface area contributed by atoms with Crippen molar-refractivity contribution in [3.05, 3.63) is 30.3 Å². The van der Waals surface area contributed by atoms with Crippen molar-refractivity contribution < 1.29 is 4.79 Å². The van der Waals surface area contributed by atoms with Crippen LogP contribution in [0.2, 0.25) is 0 Å². The molecule has 0 aliphatic heterocycles. The summed E-state index contributed by atoms with van der Waals surface area (Å²) in [6.45, 7) is 0. The van der Waals surface area contributed by atoms with E-state index < -0.39 is 0 Å². The lowest BCUT2D eigenvalue weighted by molar-refractivity contribution is -0.115. The Hall–Kier alpha value is -1.89. The third kappa shape index (κ3) is 2.86. The minimum Gasteiger partial charge on any atom is -0.315 e. The number of carbonyl (C=O) groups is 1. The molecular formula is C11H13N5OS. The van der Waals surface area contributed by atoms with Crippen molar-refractivity contribution in [2.75, 3.05) is 17.7 Å². The summed E-state index contributed by atoms with van der Waals surface area (Å²) < 4.78 is 1.54. The molecule has 0 radical (unpaired) electrons. The summed E-state index contributed by atoms with van der Waals surface area (Å²) in [4.78, 5) is 13.6. The molecule has 1 aromatic carbocycles. The first-order valence-corrected chi connectivity index (χ1v) is 6.34. The zero-order valence-electron chi connectivity index (χ0n) is 10.1. The third-order valence-corrected chi connectivity index (χ3v) is 3.42. The van der Waals surface area contributed by atoms with Crippen LogP contribution in [-0.2, 0) is 11.8 Å². The SMILES string of the molecule is CN(C(=O)CSc1nnnn1C)c1ccccc1. The van der Waals surface area contributed by atoms with Crippen LogP contribution in [0, 0.1) is 0 Å². The Labute approximate surface area is 109 Å². The number of tetrazole rings is 1. The molecule has 94 valence electrons. The fourth-order valence-corrected chi connectivity index (χ4v) is 2.13. The van der Waals surface area contributed by atoms with Crippen LogP contribution >= 0.6 is 11.8 Å². The van der Waals surface area contributed by atoms with Gasteiger partial charge in [-0.15, -0.1) is 5.10 Å². The molecule has 0 saturated heterocycles. The van der Waals surface area contributed by atoms with E-state index in [1.807, 2.05) is 30.3 Å². The van der Waals surface area contributed by atoms with Crippen LogP contribution in [0.3, 0.4) is 0 Å². The number of para-hydroxylation sites is 1. The Bertz CT molecular complexity index is 527. The Balaban J connectivity index is 1.95. The number of anilines is 1. The van der Waals surface area contributed by atoms with Crippen molar-refractivity contribution in [3.8, 4) is 0 Å². The van der Waals surface area contributed by atoms with Crippen LogP contribution in [0.4, 0.5) is 5.69 Å². The van der Waals surface area contributed by atoms with Crippen molar-refractivity contribution in [2.24, 2.45) is 7.05 Å². The number of hydrogen-bond donors (Lipinski definition) is 0. The molecule has 2 aromatic rings. The molecule has 18 heavy (non-hydrogen) atoms. The Kier molecular flexibility index (Phi) is 3.93. The van der Waals surface area contributed by atoms with Crippen molar-refractivity contribution in [3.63, 3.8) is 0 Å². The lowest BCUT2D eigenvalue weighted by atomic mass is 10.3. The number of carbonyl (C=O) groups excluding carboxylic acids is 1. The van der Waals surface area contributed by atoms with Gasteiger partial charge < -0.3 is 4.90 Å². The molecular weight excluding hydrogens is 250 g/mol. The molecule has 0 aliphatic carbocycles. The molecule has 7 heteroatoms. The van der Waals surface area contributed by atoms with Gasteiger partial charge in [-0.1, -0.05) is 30.0 Å². The van der Waals surface area contributed by atoms with Crippen molar-refractivity contribution in [1.29, 1.82) is 0 Å². The molecule has 2 rings (SSSR count). The highest BCUT2D eigenvalue weighted by atomic mass is 32.2. The largest absolute Gasteiger partial charge is 0.315 e. The summed E-state index contributed by atoms with van der Waals surface area (Å²) >= 11 is 1.32. The third-order valence-electron chi connectivity index (χ3n) is 2.42. The van der Waals surface area contributed by atoms with Gasteiger partial charge in [0.2, 0.25) is 11.1 Å². The van der Waals surface area contributed by atoms with Crippen LogP contribution in [0.25, 0.3) is 0 Å². The number of hydrogen-bond acceptors (Lipinski definition) is 5. The van der Waals surface area contributed by atoms with E-state index in [-0.39, 0.29) is 5.91 Å². The normalized spacial score (nSPS) is 10.3. The van der Waals surface area contributed by atoms with Crippen LogP contribution in [0.1, 0.15) is 0 Å². The Morgan fingerprint density at radius 3 is 2.72 bits per heavy atom. The highest BCUT2D eigenvalue weighted by Gasteiger charge is 2.12. The average Bonchev–Trinajstić information content (AvgIpc) is 2.81. The quantitative estimate of drug-likeness (QED) is 0.769. The monoisotopic (exact) mass is 263 g/mol. The summed E-state index contributed by atoms with van der Waals surface area (Å²) in [7, 11) is 3.50. The van der Waals surface area contributed by atoms with E-state index in [0.29, 0.717) is 10.9 Å². The molecule has 0 spiro atoms. The topological polar surface area (TPSA) is 63.9 Å². The molecule has 0 unspecified atom stereocenters. The van der Waals surface area contributed by atoms with Crippen LogP contribution in [-0.4, -0.2) is 38.9 Å². The second-order valence-corrected chi connectivity index (χ2v) is 4.60. The zero-order chi connectivity index (χ0) is 13.0. The van der Waals surface area contributed by atoms with E-state index in [1.165, 1.54) is 11.8 Å². The van der Waals surface area contributed by atoms with Crippen LogP contribution < -0.4 is 4.90 Å². The lowest BCUT2D eigenvalue weighted by Gasteiger charge is -2.16. The van der Waals surface area contributed by atoms with E-state index in [9.17, 15) is 4.79 Å². The lowest BCUT2D eigenvalue weighted by Crippen LogP contribution is -2.27. The number of rotatable bonds is 4. The van der Waals surface area contributed by atoms with Crippen molar-refractivity contribution >= 4 is 23.4 Å². The predicted molar refractivity (Wildman–Crippen MR) is 69.4 cm³/mol. The van der Waals surface area contributed by atoms with Gasteiger partial charge in [0, 0.05) is 19.8 Å². The molecule has 1 heterocycles. The molecule has 0 saturated carbocycles. The van der Waals surface area contributed by atoms with Gasteiger partial charge in [-0.2, -0.15) is 0 Å². The first-order valence-electron chi connectivity index (χ1n) is 5.35. The molecule has 1 aromatic heterocycles. The molecule has 0 bridgehead atoms. The summed E-state index contributed by atoms with van der Waals surface area (Å²) in [6, 6.07) is 9.51. The van der Waals surface area contributed by atoms with Gasteiger partial charge in [-0.05, 0) is 22.6 Å². The average molecular weight is 263 g/mol. The number of amides is 1. The number of benzene rings is 1. The highest BCUT2D eigenvalue weighted by molar-refractivity contribution is 7.99. The smallest absolute Gasteiger partial charge is 0.237 e. The molecule has 1 amide bonds. The number of nitrogens with zero attached hydrogens (tertiary/aromatic N) is 5. The van der Waals surface area contributed by atoms with Crippen molar-refractivity contribution in [2.45, 2.75) is 5.16 Å². The summed E-state index contributed by atoms with van der Waals surface area (Å²) in [5.74, 6) is 0.314. The van der Waals surface area contributed by atoms with Gasteiger partial charge in [0.15, 0.2) is 0 Å². The van der Waals surface area contributed by atoms with Crippen LogP contribution in [0.5, 0.6) is 0 Å². The molecule has 0 fully saturated rings. The number of thioether (sulfide) groups is 1. The van der Waals surface area contributed by atoms with E-state index in [2.05, 4.69) is 15.5 Å². The second-order valence-electron chi connectivity index (χ2n) is 3.66. The summed E-state index contributed by atoms with van der Waals surface area (Å²) in [5.41, 5.74) is 0.874. The first-order chi connectivity index (χ1) is 8.68. The minimum absolute atomic E-state index is 0.00852. The van der Waals surface area contributed by atoms with Crippen LogP contribution in [0.15, 0.2) is 35.5 Å². The summed E-state index contributed by atoms with van der Waals surface area (Å²) in [5, 5.41) is 11.7. The zero-order valence-corrected chi connectivity index (χ0v) is 11.0. The van der Waals surface area contributed by atoms with Gasteiger partial charge in [0.05, 0.1) is 5.75 Å². The van der Waals surface area contributed by atoms with Gasteiger partial charge in [0.25, 0.3) is 0 Å². The van der Waals surface area contributed by atoms with Gasteiger partial charge >= 0.3 is 0 Å². The minimum atomic E-state index is 0.00852. The molecule has 0 atom stereocenters. The standard InChI is InChI=1S/C11H13N5OS/c1-15(9-6-4-3-5-7-9)10(17)8-18-11-12-13-14-16(11)2/h3-7H,8H2,1-2H3. The Morgan fingerprint density at radius 1 is 1.39 bits per heavy atom. The summed E-state index contributed by atoms with van der Waals surface area (Å²) in [6.07, 6.45) is 0. The van der Waals surface area contributed by atoms with Gasteiger partial charge in [-0.3, -0.25) is 4.79 Å². The maximum atomic E-state index is 12.0. The van der Waals surface area contributed by atoms with Crippen molar-refractivity contribution in [1.82, 2.24) is 20.2 Å². The number of aromatic nitrogens is 4. The number of aryl methyl sites for hydroxylation is 1. The van der Waals surface area contributed by atoms with Gasteiger partial charge in [-0.25, -0.2) is 4.68 Å². The van der Waals surface area contributed by atoms with E-state index >= 15 is 0 Å². The maximum absolute atomic E-state index is 12.0. The first kappa shape index (κ1) is 12.6. The fourth-order valence-electron chi connectivity index (χ4n) is 1.36. The van der Waals surface area contributed by atoms with E-state index in [1.54, 1.807) is 23.7 Å². The van der Waals surface area contributed by atoms with Gasteiger partial charge in [0.1, 0.15) is 0 Å². The second kappa shape index (κ2) is 5.63. The maximum Gasteiger partial charge on any atom is 0.237 e. The van der Waals surface area contributed by atoms with E-state index in [4.69, 9.17) is 0 Å². The Morgan fingerprint density at radius 2 is 2.11 bits per heavy atom. The predicted octanol–water partition coefficient (Wildman–Crippen LogP) is 0.965. The highest BCUT2D eigenvalue weighted by Crippen LogP contribution is 2.16. The molecule has 0 N–H and O–H groups in total. The molecule has 0 aliphatic rings. The fraction of sp³-hybridized carbons (Fsp3) is 0.273. The molecule has 6 nitrogen and oxygen atoms in total.